The zero-order valence-corrected chi connectivity index (χ0v) is 14.0. The van der Waals surface area contributed by atoms with Crippen molar-refractivity contribution in [3.05, 3.63) is 59.9 Å². The minimum absolute atomic E-state index is 0.0296. The molecule has 1 unspecified atom stereocenters. The lowest BCUT2D eigenvalue weighted by Crippen LogP contribution is -2.30. The predicted molar refractivity (Wildman–Crippen MR) is 92.5 cm³/mol. The van der Waals surface area contributed by atoms with Crippen molar-refractivity contribution >= 4 is 17.7 Å². The number of pyridine rings is 1. The second-order valence-electron chi connectivity index (χ2n) is 5.33. The van der Waals surface area contributed by atoms with E-state index in [9.17, 15) is 4.79 Å². The van der Waals surface area contributed by atoms with Gasteiger partial charge in [-0.15, -0.1) is 11.8 Å². The van der Waals surface area contributed by atoms with Crippen LogP contribution in [-0.2, 0) is 11.2 Å². The number of para-hydroxylation sites is 1. The zero-order chi connectivity index (χ0) is 16.1. The number of nitrogens with zero attached hydrogens (tertiary/aromatic N) is 2. The zero-order valence-electron chi connectivity index (χ0n) is 13.1. The highest BCUT2D eigenvalue weighted by atomic mass is 32.2. The van der Waals surface area contributed by atoms with E-state index >= 15 is 0 Å². The number of ether oxygens (including phenoxy) is 1. The molecule has 0 N–H and O–H groups in total. The van der Waals surface area contributed by atoms with Gasteiger partial charge in [0.05, 0.1) is 12.4 Å². The third-order valence-corrected chi connectivity index (χ3v) is 5.05. The summed E-state index contributed by atoms with van der Waals surface area (Å²) in [5.74, 6) is 1.59. The first-order valence-corrected chi connectivity index (χ1v) is 8.86. The summed E-state index contributed by atoms with van der Waals surface area (Å²) < 4.78 is 5.73. The molecule has 1 aromatic carbocycles. The van der Waals surface area contributed by atoms with Crippen LogP contribution in [0.15, 0.2) is 48.8 Å². The number of hydrogen-bond acceptors (Lipinski definition) is 4. The average molecular weight is 328 g/mol. The Morgan fingerprint density at radius 3 is 2.96 bits per heavy atom. The van der Waals surface area contributed by atoms with Crippen molar-refractivity contribution in [3.8, 4) is 5.75 Å². The van der Waals surface area contributed by atoms with Crippen LogP contribution in [0, 0.1) is 0 Å². The van der Waals surface area contributed by atoms with E-state index in [1.54, 1.807) is 18.0 Å². The van der Waals surface area contributed by atoms with Crippen molar-refractivity contribution in [2.24, 2.45) is 0 Å². The van der Waals surface area contributed by atoms with E-state index in [1.165, 1.54) is 0 Å². The third kappa shape index (κ3) is 3.67. The molecule has 2 heterocycles. The van der Waals surface area contributed by atoms with E-state index in [4.69, 9.17) is 4.74 Å². The molecule has 1 amide bonds. The van der Waals surface area contributed by atoms with Gasteiger partial charge in [0, 0.05) is 24.5 Å². The quantitative estimate of drug-likeness (QED) is 0.816. The maximum Gasteiger partial charge on any atom is 0.233 e. The van der Waals surface area contributed by atoms with Crippen LogP contribution in [-0.4, -0.2) is 34.7 Å². The van der Waals surface area contributed by atoms with Gasteiger partial charge in [-0.05, 0) is 31.0 Å². The van der Waals surface area contributed by atoms with Gasteiger partial charge in [-0.2, -0.15) is 0 Å². The highest BCUT2D eigenvalue weighted by Gasteiger charge is 2.34. The summed E-state index contributed by atoms with van der Waals surface area (Å²) in [6.07, 6.45) is 4.44. The largest absolute Gasteiger partial charge is 0.493 e. The monoisotopic (exact) mass is 328 g/mol. The Morgan fingerprint density at radius 2 is 2.17 bits per heavy atom. The fourth-order valence-electron chi connectivity index (χ4n) is 2.72. The molecule has 0 bridgehead atoms. The number of amides is 1. The van der Waals surface area contributed by atoms with Crippen molar-refractivity contribution in [3.63, 3.8) is 0 Å². The van der Waals surface area contributed by atoms with Gasteiger partial charge in [0.2, 0.25) is 5.91 Å². The van der Waals surface area contributed by atoms with E-state index in [0.29, 0.717) is 18.9 Å². The summed E-state index contributed by atoms with van der Waals surface area (Å²) in [7, 11) is 0. The van der Waals surface area contributed by atoms with Crippen LogP contribution in [0.3, 0.4) is 0 Å². The number of thioether (sulfide) groups is 1. The molecular weight excluding hydrogens is 308 g/mol. The highest BCUT2D eigenvalue weighted by Crippen LogP contribution is 2.42. The Labute approximate surface area is 140 Å². The van der Waals surface area contributed by atoms with E-state index in [2.05, 4.69) is 11.1 Å². The molecule has 1 saturated heterocycles. The number of hydrogen-bond donors (Lipinski definition) is 0. The van der Waals surface area contributed by atoms with Crippen LogP contribution >= 0.6 is 11.8 Å². The Bertz CT molecular complexity index is 663. The highest BCUT2D eigenvalue weighted by molar-refractivity contribution is 8.00. The smallest absolute Gasteiger partial charge is 0.233 e. The molecule has 120 valence electrons. The fraction of sp³-hybridized carbons (Fsp3) is 0.333. The molecule has 5 heteroatoms. The van der Waals surface area contributed by atoms with Gasteiger partial charge >= 0.3 is 0 Å². The standard InChI is InChI=1S/C18H20N2O2S/c1-2-22-16-8-4-3-7-15(16)18-20(17(21)13-23-18)11-9-14-6-5-10-19-12-14/h3-8,10,12,18H,2,9,11,13H2,1H3. The van der Waals surface area contributed by atoms with E-state index in [1.807, 2.05) is 48.4 Å². The lowest BCUT2D eigenvalue weighted by molar-refractivity contribution is -0.128. The molecule has 1 atom stereocenters. The fourth-order valence-corrected chi connectivity index (χ4v) is 3.96. The number of aromatic nitrogens is 1. The first-order chi connectivity index (χ1) is 11.3. The molecule has 4 nitrogen and oxygen atoms in total. The summed E-state index contributed by atoms with van der Waals surface area (Å²) >= 11 is 1.67. The van der Waals surface area contributed by atoms with Crippen molar-refractivity contribution in [1.29, 1.82) is 0 Å². The van der Waals surface area contributed by atoms with Crippen LogP contribution in [0.5, 0.6) is 5.75 Å². The molecule has 0 radical (unpaired) electrons. The molecule has 23 heavy (non-hydrogen) atoms. The minimum atomic E-state index is 0.0296. The Morgan fingerprint density at radius 1 is 1.30 bits per heavy atom. The molecule has 0 saturated carbocycles. The second-order valence-corrected chi connectivity index (χ2v) is 6.40. The minimum Gasteiger partial charge on any atom is -0.493 e. The van der Waals surface area contributed by atoms with Crippen LogP contribution in [0.1, 0.15) is 23.4 Å². The molecular formula is C18H20N2O2S. The van der Waals surface area contributed by atoms with E-state index in [-0.39, 0.29) is 11.3 Å². The Balaban J connectivity index is 1.77. The molecule has 1 fully saturated rings. The van der Waals surface area contributed by atoms with Crippen LogP contribution in [0.4, 0.5) is 0 Å². The maximum atomic E-state index is 12.3. The van der Waals surface area contributed by atoms with Crippen molar-refractivity contribution in [1.82, 2.24) is 9.88 Å². The first kappa shape index (κ1) is 15.9. The second kappa shape index (κ2) is 7.51. The Kier molecular flexibility index (Phi) is 5.18. The lowest BCUT2D eigenvalue weighted by atomic mass is 10.1. The third-order valence-electron chi connectivity index (χ3n) is 3.82. The molecule has 1 aliphatic heterocycles. The maximum absolute atomic E-state index is 12.3. The summed E-state index contributed by atoms with van der Waals surface area (Å²) in [6.45, 7) is 3.30. The number of carbonyl (C=O) groups is 1. The van der Waals surface area contributed by atoms with Gasteiger partial charge in [0.15, 0.2) is 0 Å². The van der Waals surface area contributed by atoms with Gasteiger partial charge in [0.1, 0.15) is 11.1 Å². The normalized spacial score (nSPS) is 17.5. The van der Waals surface area contributed by atoms with Gasteiger partial charge in [-0.25, -0.2) is 0 Å². The summed E-state index contributed by atoms with van der Waals surface area (Å²) in [5, 5.41) is 0.0296. The summed E-state index contributed by atoms with van der Waals surface area (Å²) in [5.41, 5.74) is 2.23. The van der Waals surface area contributed by atoms with Gasteiger partial charge in [0.25, 0.3) is 0 Å². The molecule has 3 rings (SSSR count). The van der Waals surface area contributed by atoms with Crippen LogP contribution < -0.4 is 4.74 Å². The molecule has 0 spiro atoms. The number of rotatable bonds is 6. The molecule has 2 aromatic rings. The van der Waals surface area contributed by atoms with E-state index < -0.39 is 0 Å². The molecule has 0 aliphatic carbocycles. The van der Waals surface area contributed by atoms with Gasteiger partial charge in [-0.1, -0.05) is 24.3 Å². The lowest BCUT2D eigenvalue weighted by Gasteiger charge is -2.25. The summed E-state index contributed by atoms with van der Waals surface area (Å²) in [4.78, 5) is 18.4. The van der Waals surface area contributed by atoms with Gasteiger partial charge < -0.3 is 9.64 Å². The predicted octanol–water partition coefficient (Wildman–Crippen LogP) is 3.30. The SMILES string of the molecule is CCOc1ccccc1C1SCC(=O)N1CCc1cccnc1. The van der Waals surface area contributed by atoms with Crippen molar-refractivity contribution < 1.29 is 9.53 Å². The number of carbonyl (C=O) groups excluding carboxylic acids is 1. The first-order valence-electron chi connectivity index (χ1n) is 7.81. The average Bonchev–Trinajstić information content (AvgIpc) is 2.95. The number of benzene rings is 1. The van der Waals surface area contributed by atoms with Gasteiger partial charge in [-0.3, -0.25) is 9.78 Å². The topological polar surface area (TPSA) is 42.4 Å². The molecule has 1 aliphatic rings. The van der Waals surface area contributed by atoms with Crippen molar-refractivity contribution in [2.75, 3.05) is 18.9 Å². The molecule has 1 aromatic heterocycles. The van der Waals surface area contributed by atoms with E-state index in [0.717, 1.165) is 23.3 Å². The van der Waals surface area contributed by atoms with Crippen LogP contribution in [0.2, 0.25) is 0 Å². The summed E-state index contributed by atoms with van der Waals surface area (Å²) in [6, 6.07) is 12.0. The van der Waals surface area contributed by atoms with Crippen LogP contribution in [0.25, 0.3) is 0 Å². The van der Waals surface area contributed by atoms with Crippen molar-refractivity contribution in [2.45, 2.75) is 18.7 Å². The Hall–Kier alpha value is -2.01.